The summed E-state index contributed by atoms with van der Waals surface area (Å²) in [5.74, 6) is -7.73. The minimum Gasteiger partial charge on any atom is -0.315 e. The highest BCUT2D eigenvalue weighted by Crippen LogP contribution is 2.26. The Hall–Kier alpha value is -2.09. The molecule has 4 nitrogen and oxygen atoms in total. The number of amides is 1. The Bertz CT molecular complexity index is 719. The van der Waals surface area contributed by atoms with E-state index in [2.05, 4.69) is 5.10 Å². The van der Waals surface area contributed by atoms with Crippen LogP contribution in [-0.4, -0.2) is 15.7 Å². The topological polar surface area (TPSA) is 46.9 Å². The third-order valence-electron chi connectivity index (χ3n) is 2.71. The molecule has 1 amide bonds. The SMILES string of the molecule is Cc1nn(C)c(C(=O)Nc2c(F)c(F)cc(F)c2F)c1Cl. The Morgan fingerprint density at radius 1 is 1.24 bits per heavy atom. The second-order valence-corrected chi connectivity index (χ2v) is 4.55. The maximum Gasteiger partial charge on any atom is 0.275 e. The van der Waals surface area contributed by atoms with E-state index in [1.54, 1.807) is 5.32 Å². The maximum absolute atomic E-state index is 13.5. The van der Waals surface area contributed by atoms with E-state index in [1.807, 2.05) is 0 Å². The molecule has 9 heteroatoms. The molecule has 0 spiro atoms. The Balaban J connectivity index is 2.46. The van der Waals surface area contributed by atoms with Gasteiger partial charge in [0, 0.05) is 13.1 Å². The van der Waals surface area contributed by atoms with Crippen LogP contribution >= 0.6 is 11.6 Å². The molecule has 0 radical (unpaired) electrons. The number of rotatable bonds is 2. The highest BCUT2D eigenvalue weighted by Gasteiger charge is 2.24. The molecule has 0 atom stereocenters. The van der Waals surface area contributed by atoms with Gasteiger partial charge >= 0.3 is 0 Å². The zero-order valence-electron chi connectivity index (χ0n) is 10.8. The van der Waals surface area contributed by atoms with Crippen LogP contribution in [0.15, 0.2) is 6.07 Å². The molecule has 0 saturated heterocycles. The number of aromatic nitrogens is 2. The van der Waals surface area contributed by atoms with Crippen molar-refractivity contribution in [2.45, 2.75) is 6.92 Å². The van der Waals surface area contributed by atoms with Crippen molar-refractivity contribution in [2.75, 3.05) is 5.32 Å². The van der Waals surface area contributed by atoms with Gasteiger partial charge in [0.05, 0.1) is 10.7 Å². The van der Waals surface area contributed by atoms with Crippen LogP contribution < -0.4 is 5.32 Å². The highest BCUT2D eigenvalue weighted by atomic mass is 35.5. The fourth-order valence-electron chi connectivity index (χ4n) is 1.73. The van der Waals surface area contributed by atoms with Crippen LogP contribution in [-0.2, 0) is 7.05 Å². The molecule has 0 saturated carbocycles. The fourth-order valence-corrected chi connectivity index (χ4v) is 1.98. The normalized spacial score (nSPS) is 10.8. The first-order valence-electron chi connectivity index (χ1n) is 5.57. The van der Waals surface area contributed by atoms with Crippen molar-refractivity contribution in [3.8, 4) is 0 Å². The third-order valence-corrected chi connectivity index (χ3v) is 3.17. The summed E-state index contributed by atoms with van der Waals surface area (Å²) in [6, 6.07) is 0.0432. The summed E-state index contributed by atoms with van der Waals surface area (Å²) in [5.41, 5.74) is -1.11. The number of benzene rings is 1. The molecule has 0 aliphatic carbocycles. The molecular weight excluding hydrogens is 314 g/mol. The lowest BCUT2D eigenvalue weighted by Gasteiger charge is -2.09. The number of anilines is 1. The average molecular weight is 322 g/mol. The second kappa shape index (κ2) is 5.36. The molecule has 2 rings (SSSR count). The van der Waals surface area contributed by atoms with E-state index < -0.39 is 34.9 Å². The first kappa shape index (κ1) is 15.3. The first-order chi connectivity index (χ1) is 9.73. The largest absolute Gasteiger partial charge is 0.315 e. The number of nitrogens with zero attached hydrogens (tertiary/aromatic N) is 2. The molecule has 2 aromatic rings. The summed E-state index contributed by atoms with van der Waals surface area (Å²) >= 11 is 5.84. The molecule has 1 aromatic heterocycles. The highest BCUT2D eigenvalue weighted by molar-refractivity contribution is 6.34. The monoisotopic (exact) mass is 321 g/mol. The van der Waals surface area contributed by atoms with Gasteiger partial charge in [0.25, 0.3) is 5.91 Å². The zero-order chi connectivity index (χ0) is 15.9. The Kier molecular flexibility index (Phi) is 3.91. The van der Waals surface area contributed by atoms with E-state index >= 15 is 0 Å². The van der Waals surface area contributed by atoms with Gasteiger partial charge < -0.3 is 5.32 Å². The Morgan fingerprint density at radius 2 is 1.76 bits per heavy atom. The van der Waals surface area contributed by atoms with Crippen LogP contribution in [0.3, 0.4) is 0 Å². The van der Waals surface area contributed by atoms with E-state index in [-0.39, 0.29) is 16.8 Å². The van der Waals surface area contributed by atoms with Crippen molar-refractivity contribution in [1.29, 1.82) is 0 Å². The standard InChI is InChI=1S/C12H8ClF4N3O/c1-4-7(13)11(20(2)19-4)12(21)18-10-8(16)5(14)3-6(15)9(10)17/h3H,1-2H3,(H,18,21). The van der Waals surface area contributed by atoms with Gasteiger partial charge in [-0.05, 0) is 6.92 Å². The molecule has 112 valence electrons. The van der Waals surface area contributed by atoms with E-state index in [9.17, 15) is 22.4 Å². The minimum atomic E-state index is -1.71. The summed E-state index contributed by atoms with van der Waals surface area (Å²) in [5, 5.41) is 5.56. The summed E-state index contributed by atoms with van der Waals surface area (Å²) in [7, 11) is 1.38. The van der Waals surface area contributed by atoms with E-state index in [0.717, 1.165) is 4.68 Å². The maximum atomic E-state index is 13.5. The van der Waals surface area contributed by atoms with Gasteiger partial charge in [-0.2, -0.15) is 5.10 Å². The van der Waals surface area contributed by atoms with Crippen LogP contribution in [0.2, 0.25) is 5.02 Å². The number of carbonyl (C=O) groups excluding carboxylic acids is 1. The van der Waals surface area contributed by atoms with Gasteiger partial charge in [0.2, 0.25) is 0 Å². The van der Waals surface area contributed by atoms with Crippen molar-refractivity contribution in [3.05, 3.63) is 45.7 Å². The molecule has 0 aliphatic heterocycles. The van der Waals surface area contributed by atoms with Crippen molar-refractivity contribution in [2.24, 2.45) is 7.05 Å². The number of aryl methyl sites for hydroxylation is 2. The van der Waals surface area contributed by atoms with Gasteiger partial charge in [-0.15, -0.1) is 0 Å². The molecule has 0 aliphatic rings. The summed E-state index contributed by atoms with van der Waals surface area (Å²) in [6.07, 6.45) is 0. The van der Waals surface area contributed by atoms with Crippen LogP contribution in [0.1, 0.15) is 16.2 Å². The van der Waals surface area contributed by atoms with Crippen molar-refractivity contribution in [1.82, 2.24) is 9.78 Å². The molecule has 0 bridgehead atoms. The number of halogens is 5. The van der Waals surface area contributed by atoms with E-state index in [4.69, 9.17) is 11.6 Å². The Morgan fingerprint density at radius 3 is 2.19 bits per heavy atom. The lowest BCUT2D eigenvalue weighted by atomic mass is 10.2. The fraction of sp³-hybridized carbons (Fsp3) is 0.167. The summed E-state index contributed by atoms with van der Waals surface area (Å²) in [4.78, 5) is 12.0. The smallest absolute Gasteiger partial charge is 0.275 e. The lowest BCUT2D eigenvalue weighted by molar-refractivity contribution is 0.101. The average Bonchev–Trinajstić information content (AvgIpc) is 2.66. The van der Waals surface area contributed by atoms with Crippen molar-refractivity contribution in [3.63, 3.8) is 0 Å². The van der Waals surface area contributed by atoms with Crippen LogP contribution in [0.4, 0.5) is 23.2 Å². The van der Waals surface area contributed by atoms with E-state index in [1.165, 1.54) is 14.0 Å². The van der Waals surface area contributed by atoms with Gasteiger partial charge in [-0.1, -0.05) is 11.6 Å². The van der Waals surface area contributed by atoms with Gasteiger partial charge in [-0.3, -0.25) is 9.48 Å². The predicted octanol–water partition coefficient (Wildman–Crippen LogP) is 3.19. The first-order valence-corrected chi connectivity index (χ1v) is 5.95. The van der Waals surface area contributed by atoms with E-state index in [0.29, 0.717) is 5.69 Å². The summed E-state index contributed by atoms with van der Waals surface area (Å²) < 4.78 is 54.1. The van der Waals surface area contributed by atoms with Crippen LogP contribution in [0, 0.1) is 30.2 Å². The zero-order valence-corrected chi connectivity index (χ0v) is 11.5. The van der Waals surface area contributed by atoms with Crippen molar-refractivity contribution < 1.29 is 22.4 Å². The van der Waals surface area contributed by atoms with Gasteiger partial charge in [-0.25, -0.2) is 17.6 Å². The number of carbonyl (C=O) groups is 1. The number of hydrogen-bond acceptors (Lipinski definition) is 2. The number of nitrogens with one attached hydrogen (secondary N) is 1. The molecule has 1 heterocycles. The summed E-state index contributed by atoms with van der Waals surface area (Å²) in [6.45, 7) is 1.52. The molecule has 1 N–H and O–H groups in total. The quantitative estimate of drug-likeness (QED) is 0.682. The predicted molar refractivity (Wildman–Crippen MR) is 67.2 cm³/mol. The minimum absolute atomic E-state index is 0.0345. The second-order valence-electron chi connectivity index (χ2n) is 4.17. The van der Waals surface area contributed by atoms with Gasteiger partial charge in [0.1, 0.15) is 11.4 Å². The van der Waals surface area contributed by atoms with Crippen LogP contribution in [0.5, 0.6) is 0 Å². The molecule has 0 fully saturated rings. The number of hydrogen-bond donors (Lipinski definition) is 1. The Labute approximate surface area is 121 Å². The molecule has 21 heavy (non-hydrogen) atoms. The molecule has 0 unspecified atom stereocenters. The van der Waals surface area contributed by atoms with Crippen molar-refractivity contribution >= 4 is 23.2 Å². The lowest BCUT2D eigenvalue weighted by Crippen LogP contribution is -2.19. The van der Waals surface area contributed by atoms with Crippen LogP contribution in [0.25, 0.3) is 0 Å². The van der Waals surface area contributed by atoms with Gasteiger partial charge in [0.15, 0.2) is 23.3 Å². The third kappa shape index (κ3) is 2.58. The molecule has 1 aromatic carbocycles. The molecular formula is C12H8ClF4N3O.